The Kier molecular flexibility index (Phi) is 4.80. The van der Waals surface area contributed by atoms with E-state index in [1.165, 1.54) is 0 Å². The molecule has 1 fully saturated rings. The zero-order valence-electron chi connectivity index (χ0n) is 16.9. The lowest BCUT2D eigenvalue weighted by molar-refractivity contribution is 0.205. The Morgan fingerprint density at radius 1 is 1.13 bits per heavy atom. The van der Waals surface area contributed by atoms with E-state index in [0.717, 1.165) is 59.5 Å². The number of amides is 2. The summed E-state index contributed by atoms with van der Waals surface area (Å²) in [7, 11) is 1.84. The van der Waals surface area contributed by atoms with Crippen molar-refractivity contribution in [3.05, 3.63) is 47.9 Å². The third kappa shape index (κ3) is 3.18. The van der Waals surface area contributed by atoms with Gasteiger partial charge in [0.15, 0.2) is 0 Å². The molecule has 2 aliphatic heterocycles. The molecule has 154 valence electrons. The molecule has 0 radical (unpaired) electrons. The zero-order valence-corrected chi connectivity index (χ0v) is 16.9. The summed E-state index contributed by atoms with van der Waals surface area (Å²) in [5.41, 5.74) is 5.67. The van der Waals surface area contributed by atoms with Crippen molar-refractivity contribution >= 4 is 22.8 Å². The number of aliphatic hydroxyl groups excluding tert-OH is 1. The minimum atomic E-state index is -0.0936. The highest BCUT2D eigenvalue weighted by Crippen LogP contribution is 2.37. The van der Waals surface area contributed by atoms with Gasteiger partial charge in [0.25, 0.3) is 0 Å². The summed E-state index contributed by atoms with van der Waals surface area (Å²) in [4.78, 5) is 30.7. The molecular weight excluding hydrogens is 380 g/mol. The molecule has 0 unspecified atom stereocenters. The van der Waals surface area contributed by atoms with Crippen LogP contribution in [-0.4, -0.2) is 57.2 Å². The van der Waals surface area contributed by atoms with E-state index in [9.17, 15) is 9.90 Å². The van der Waals surface area contributed by atoms with Gasteiger partial charge in [0.2, 0.25) is 0 Å². The van der Waals surface area contributed by atoms with Gasteiger partial charge < -0.3 is 15.3 Å². The maximum atomic E-state index is 13.2. The van der Waals surface area contributed by atoms with E-state index >= 15 is 0 Å². The summed E-state index contributed by atoms with van der Waals surface area (Å²) >= 11 is 0. The molecule has 0 saturated carbocycles. The molecule has 0 aromatic carbocycles. The topological polar surface area (TPSA) is 94.5 Å². The monoisotopic (exact) mass is 404 g/mol. The van der Waals surface area contributed by atoms with Gasteiger partial charge in [-0.3, -0.25) is 14.9 Å². The van der Waals surface area contributed by atoms with Crippen LogP contribution in [0.15, 0.2) is 36.7 Å². The molecule has 5 heterocycles. The van der Waals surface area contributed by atoms with Crippen LogP contribution in [0.4, 0.5) is 10.5 Å². The van der Waals surface area contributed by atoms with E-state index in [-0.39, 0.29) is 18.7 Å². The normalized spacial score (nSPS) is 17.5. The Morgan fingerprint density at radius 3 is 2.70 bits per heavy atom. The Labute approximate surface area is 174 Å². The summed E-state index contributed by atoms with van der Waals surface area (Å²) in [5.74, 6) is 0. The standard InChI is InChI=1S/C22H24N6O2/c1-27-12-15-11-25-19-5-4-18(14-2-3-16(13-29)24-10-14)26-20(19)21(15)28(22(27)30)17-6-8-23-9-7-17/h2-5,10-11,17,23,29H,6-9,12-13H2,1H3. The number of urea groups is 1. The molecule has 1 saturated heterocycles. The number of piperidine rings is 1. The molecule has 5 rings (SSSR count). The van der Waals surface area contributed by atoms with Crippen LogP contribution in [0.2, 0.25) is 0 Å². The Hall–Kier alpha value is -3.10. The first kappa shape index (κ1) is 18.9. The van der Waals surface area contributed by atoms with Gasteiger partial charge in [0.05, 0.1) is 35.7 Å². The number of aliphatic hydroxyl groups is 1. The SMILES string of the molecule is CN1Cc2cnc3ccc(-c4ccc(CO)nc4)nc3c2N(C2CCNCC2)C1=O. The van der Waals surface area contributed by atoms with Crippen LogP contribution in [0, 0.1) is 0 Å². The molecular formula is C22H24N6O2. The highest BCUT2D eigenvalue weighted by atomic mass is 16.3. The lowest BCUT2D eigenvalue weighted by atomic mass is 10.0. The van der Waals surface area contributed by atoms with Crippen LogP contribution < -0.4 is 10.2 Å². The molecule has 2 amide bonds. The number of anilines is 1. The van der Waals surface area contributed by atoms with Crippen molar-refractivity contribution in [1.82, 2.24) is 25.2 Å². The first-order chi connectivity index (χ1) is 14.7. The van der Waals surface area contributed by atoms with Crippen LogP contribution in [0.1, 0.15) is 24.1 Å². The van der Waals surface area contributed by atoms with E-state index in [0.29, 0.717) is 12.2 Å². The predicted molar refractivity (Wildman–Crippen MR) is 114 cm³/mol. The number of carbonyl (C=O) groups excluding carboxylic acids is 1. The molecule has 8 nitrogen and oxygen atoms in total. The first-order valence-corrected chi connectivity index (χ1v) is 10.3. The molecule has 0 bridgehead atoms. The smallest absolute Gasteiger partial charge is 0.324 e. The number of rotatable bonds is 3. The maximum Gasteiger partial charge on any atom is 0.324 e. The second-order valence-corrected chi connectivity index (χ2v) is 7.88. The number of hydrogen-bond acceptors (Lipinski definition) is 6. The molecule has 30 heavy (non-hydrogen) atoms. The Balaban J connectivity index is 1.66. The quantitative estimate of drug-likeness (QED) is 0.696. The van der Waals surface area contributed by atoms with Gasteiger partial charge in [-0.05, 0) is 50.2 Å². The second-order valence-electron chi connectivity index (χ2n) is 7.88. The van der Waals surface area contributed by atoms with Gasteiger partial charge >= 0.3 is 6.03 Å². The van der Waals surface area contributed by atoms with Crippen molar-refractivity contribution in [1.29, 1.82) is 0 Å². The minimum absolute atomic E-state index is 0.0167. The van der Waals surface area contributed by atoms with E-state index in [1.807, 2.05) is 36.3 Å². The van der Waals surface area contributed by atoms with Crippen LogP contribution in [0.5, 0.6) is 0 Å². The number of nitrogens with one attached hydrogen (secondary N) is 1. The number of pyridine rings is 3. The first-order valence-electron chi connectivity index (χ1n) is 10.3. The van der Waals surface area contributed by atoms with Crippen molar-refractivity contribution in [2.45, 2.75) is 32.0 Å². The van der Waals surface area contributed by atoms with Gasteiger partial charge in [0.1, 0.15) is 5.52 Å². The fourth-order valence-corrected chi connectivity index (χ4v) is 4.31. The lowest BCUT2D eigenvalue weighted by Crippen LogP contribution is -2.53. The van der Waals surface area contributed by atoms with Crippen molar-refractivity contribution in [3.8, 4) is 11.3 Å². The molecule has 3 aromatic heterocycles. The van der Waals surface area contributed by atoms with E-state index in [1.54, 1.807) is 17.2 Å². The molecule has 0 spiro atoms. The number of nitrogens with zero attached hydrogens (tertiary/aromatic N) is 5. The summed E-state index contributed by atoms with van der Waals surface area (Å²) in [6.45, 7) is 2.23. The molecule has 8 heteroatoms. The average molecular weight is 404 g/mol. The highest BCUT2D eigenvalue weighted by Gasteiger charge is 2.36. The fourth-order valence-electron chi connectivity index (χ4n) is 4.31. The number of fused-ring (bicyclic) bond motifs is 3. The van der Waals surface area contributed by atoms with Crippen molar-refractivity contribution in [2.75, 3.05) is 25.0 Å². The predicted octanol–water partition coefficient (Wildman–Crippen LogP) is 2.31. The summed E-state index contributed by atoms with van der Waals surface area (Å²) in [5, 5.41) is 12.6. The average Bonchev–Trinajstić information content (AvgIpc) is 2.80. The molecule has 0 aliphatic carbocycles. The van der Waals surface area contributed by atoms with Crippen LogP contribution in [0.25, 0.3) is 22.3 Å². The van der Waals surface area contributed by atoms with Crippen molar-refractivity contribution < 1.29 is 9.90 Å². The van der Waals surface area contributed by atoms with E-state index in [4.69, 9.17) is 4.98 Å². The third-order valence-electron chi connectivity index (χ3n) is 5.90. The van der Waals surface area contributed by atoms with Crippen molar-refractivity contribution in [3.63, 3.8) is 0 Å². The van der Waals surface area contributed by atoms with E-state index < -0.39 is 0 Å². The zero-order chi connectivity index (χ0) is 20.7. The van der Waals surface area contributed by atoms with E-state index in [2.05, 4.69) is 15.3 Å². The summed E-state index contributed by atoms with van der Waals surface area (Å²) < 4.78 is 0. The summed E-state index contributed by atoms with van der Waals surface area (Å²) in [6.07, 6.45) is 5.41. The molecule has 0 atom stereocenters. The lowest BCUT2D eigenvalue weighted by Gasteiger charge is -2.41. The van der Waals surface area contributed by atoms with Gasteiger partial charge in [-0.1, -0.05) is 0 Å². The molecule has 3 aromatic rings. The van der Waals surface area contributed by atoms with Gasteiger partial charge in [-0.25, -0.2) is 9.78 Å². The largest absolute Gasteiger partial charge is 0.390 e. The number of hydrogen-bond donors (Lipinski definition) is 2. The molecule has 2 aliphatic rings. The van der Waals surface area contributed by atoms with Crippen LogP contribution in [0.3, 0.4) is 0 Å². The Bertz CT molecular complexity index is 1090. The number of aromatic nitrogens is 3. The second kappa shape index (κ2) is 7.62. The van der Waals surface area contributed by atoms with Crippen LogP contribution in [-0.2, 0) is 13.2 Å². The Morgan fingerprint density at radius 2 is 1.97 bits per heavy atom. The maximum absolute atomic E-state index is 13.2. The minimum Gasteiger partial charge on any atom is -0.390 e. The van der Waals surface area contributed by atoms with Gasteiger partial charge in [-0.2, -0.15) is 0 Å². The van der Waals surface area contributed by atoms with Crippen molar-refractivity contribution in [2.24, 2.45) is 0 Å². The third-order valence-corrected chi connectivity index (χ3v) is 5.90. The number of carbonyl (C=O) groups is 1. The fraction of sp³-hybridized carbons (Fsp3) is 0.364. The van der Waals surface area contributed by atoms with Crippen LogP contribution >= 0.6 is 0 Å². The van der Waals surface area contributed by atoms with Gasteiger partial charge in [-0.15, -0.1) is 0 Å². The molecule has 2 N–H and O–H groups in total. The highest BCUT2D eigenvalue weighted by molar-refractivity contribution is 6.04. The summed E-state index contributed by atoms with van der Waals surface area (Å²) in [6, 6.07) is 7.72. The van der Waals surface area contributed by atoms with Gasteiger partial charge in [0, 0.05) is 36.6 Å².